The molecule has 0 spiro atoms. The molecule has 2 rings (SSSR count). The molecule has 114 valence electrons. The molecule has 0 radical (unpaired) electrons. The van der Waals surface area contributed by atoms with Gasteiger partial charge < -0.3 is 9.88 Å². The second kappa shape index (κ2) is 6.23. The molecule has 0 bridgehead atoms. The average Bonchev–Trinajstić information content (AvgIpc) is 2.85. The van der Waals surface area contributed by atoms with E-state index < -0.39 is 16.1 Å². The summed E-state index contributed by atoms with van der Waals surface area (Å²) < 4.78 is 29.4. The van der Waals surface area contributed by atoms with E-state index in [2.05, 4.69) is 20.2 Å². The third kappa shape index (κ3) is 3.40. The summed E-state index contributed by atoms with van der Waals surface area (Å²) in [4.78, 5) is 0.223. The Hall–Kier alpha value is -1.93. The molecule has 0 aliphatic rings. The van der Waals surface area contributed by atoms with Crippen LogP contribution in [0.25, 0.3) is 0 Å². The van der Waals surface area contributed by atoms with E-state index in [1.165, 1.54) is 6.33 Å². The topological polar surface area (TPSA) is 88.9 Å². The van der Waals surface area contributed by atoms with Crippen molar-refractivity contribution in [2.75, 3.05) is 11.9 Å². The zero-order valence-electron chi connectivity index (χ0n) is 12.2. The smallest absolute Gasteiger partial charge is 0.243 e. The Morgan fingerprint density at radius 2 is 2.05 bits per heavy atom. The summed E-state index contributed by atoms with van der Waals surface area (Å²) in [6, 6.07) is 6.33. The molecule has 0 saturated carbocycles. The third-order valence-corrected chi connectivity index (χ3v) is 4.61. The van der Waals surface area contributed by atoms with E-state index in [4.69, 9.17) is 0 Å². The summed E-state index contributed by atoms with van der Waals surface area (Å²) in [5.74, 6) is 0.555. The first-order valence-electron chi connectivity index (χ1n) is 6.65. The van der Waals surface area contributed by atoms with Gasteiger partial charge in [0.05, 0.1) is 11.7 Å². The van der Waals surface area contributed by atoms with Crippen LogP contribution in [-0.2, 0) is 17.1 Å². The highest BCUT2D eigenvalue weighted by Crippen LogP contribution is 2.22. The number of rotatable bonds is 6. The molecule has 1 aromatic heterocycles. The van der Waals surface area contributed by atoms with Gasteiger partial charge >= 0.3 is 0 Å². The highest BCUT2D eigenvalue weighted by atomic mass is 32.2. The molecular weight excluding hydrogens is 290 g/mol. The quantitative estimate of drug-likeness (QED) is 0.839. The zero-order chi connectivity index (χ0) is 15.5. The molecule has 0 aliphatic heterocycles. The van der Waals surface area contributed by atoms with Crippen molar-refractivity contribution in [1.29, 1.82) is 0 Å². The molecule has 21 heavy (non-hydrogen) atoms. The summed E-state index contributed by atoms with van der Waals surface area (Å²) in [7, 11) is -1.88. The maximum absolute atomic E-state index is 12.5. The van der Waals surface area contributed by atoms with Crippen LogP contribution in [0.5, 0.6) is 0 Å². The largest absolute Gasteiger partial charge is 0.384 e. The molecular formula is C13H19N5O2S. The lowest BCUT2D eigenvalue weighted by Crippen LogP contribution is -2.29. The highest BCUT2D eigenvalue weighted by molar-refractivity contribution is 7.89. The van der Waals surface area contributed by atoms with E-state index in [0.717, 1.165) is 0 Å². The van der Waals surface area contributed by atoms with Crippen LogP contribution in [0.4, 0.5) is 5.69 Å². The Labute approximate surface area is 124 Å². The number of aryl methyl sites for hydroxylation is 1. The van der Waals surface area contributed by atoms with Crippen LogP contribution in [0.2, 0.25) is 0 Å². The molecule has 2 aromatic rings. The van der Waals surface area contributed by atoms with Crippen LogP contribution < -0.4 is 10.0 Å². The number of nitrogens with one attached hydrogen (secondary N) is 2. The monoisotopic (exact) mass is 309 g/mol. The van der Waals surface area contributed by atoms with E-state index in [9.17, 15) is 8.42 Å². The fourth-order valence-corrected chi connectivity index (χ4v) is 3.46. The van der Waals surface area contributed by atoms with Gasteiger partial charge in [-0.1, -0.05) is 12.1 Å². The molecule has 0 fully saturated rings. The third-order valence-electron chi connectivity index (χ3n) is 3.01. The zero-order valence-corrected chi connectivity index (χ0v) is 13.1. The first kappa shape index (κ1) is 15.5. The molecule has 0 aliphatic carbocycles. The summed E-state index contributed by atoms with van der Waals surface area (Å²) in [6.07, 6.45) is 1.53. The number of aromatic nitrogens is 3. The Balaban J connectivity index is 2.29. The van der Waals surface area contributed by atoms with Crippen LogP contribution >= 0.6 is 0 Å². The first-order valence-corrected chi connectivity index (χ1v) is 8.13. The van der Waals surface area contributed by atoms with Crippen LogP contribution in [0, 0.1) is 0 Å². The first-order chi connectivity index (χ1) is 9.95. The second-order valence-corrected chi connectivity index (χ2v) is 6.35. The fourth-order valence-electron chi connectivity index (χ4n) is 2.07. The molecule has 1 heterocycles. The van der Waals surface area contributed by atoms with Crippen LogP contribution in [0.15, 0.2) is 35.5 Å². The summed E-state index contributed by atoms with van der Waals surface area (Å²) in [5, 5.41) is 10.7. The number of para-hydroxylation sites is 1. The van der Waals surface area contributed by atoms with Crippen LogP contribution in [0.1, 0.15) is 25.7 Å². The summed E-state index contributed by atoms with van der Waals surface area (Å²) >= 11 is 0. The number of hydrogen-bond acceptors (Lipinski definition) is 5. The summed E-state index contributed by atoms with van der Waals surface area (Å²) in [5.41, 5.74) is 0.581. The van der Waals surface area contributed by atoms with Gasteiger partial charge in [0.25, 0.3) is 0 Å². The van der Waals surface area contributed by atoms with Crippen molar-refractivity contribution >= 4 is 15.7 Å². The molecule has 1 aromatic carbocycles. The molecule has 7 nitrogen and oxygen atoms in total. The summed E-state index contributed by atoms with van der Waals surface area (Å²) in [6.45, 7) is 4.29. The van der Waals surface area contributed by atoms with Crippen LogP contribution in [0.3, 0.4) is 0 Å². The predicted octanol–water partition coefficient (Wildman–Crippen LogP) is 1.29. The maximum atomic E-state index is 12.5. The van der Waals surface area contributed by atoms with E-state index in [1.807, 2.05) is 6.92 Å². The molecule has 0 saturated heterocycles. The number of hydrogen-bond donors (Lipinski definition) is 2. The van der Waals surface area contributed by atoms with Gasteiger partial charge in [0.2, 0.25) is 10.0 Å². The lowest BCUT2D eigenvalue weighted by Gasteiger charge is -2.16. The van der Waals surface area contributed by atoms with E-state index in [-0.39, 0.29) is 4.90 Å². The van der Waals surface area contributed by atoms with Gasteiger partial charge in [-0.15, -0.1) is 10.2 Å². The van der Waals surface area contributed by atoms with Gasteiger partial charge in [0.1, 0.15) is 17.0 Å². The van der Waals surface area contributed by atoms with Gasteiger partial charge in [-0.3, -0.25) is 0 Å². The van der Waals surface area contributed by atoms with Crippen LogP contribution in [-0.4, -0.2) is 29.7 Å². The van der Waals surface area contributed by atoms with E-state index >= 15 is 0 Å². The Morgan fingerprint density at radius 3 is 2.67 bits per heavy atom. The molecule has 1 atom stereocenters. The fraction of sp³-hybridized carbons (Fsp3) is 0.385. The number of anilines is 1. The number of benzene rings is 1. The number of sulfonamides is 1. The molecule has 2 N–H and O–H groups in total. The van der Waals surface area contributed by atoms with Crippen molar-refractivity contribution < 1.29 is 8.42 Å². The lowest BCUT2D eigenvalue weighted by atomic mass is 10.3. The number of nitrogens with zero attached hydrogens (tertiary/aromatic N) is 3. The Morgan fingerprint density at radius 1 is 1.33 bits per heavy atom. The molecule has 1 unspecified atom stereocenters. The van der Waals surface area contributed by atoms with Gasteiger partial charge in [-0.05, 0) is 26.0 Å². The van der Waals surface area contributed by atoms with Gasteiger partial charge in [-0.25, -0.2) is 13.1 Å². The van der Waals surface area contributed by atoms with Crippen molar-refractivity contribution in [3.63, 3.8) is 0 Å². The Kier molecular flexibility index (Phi) is 4.59. The minimum Gasteiger partial charge on any atom is -0.384 e. The maximum Gasteiger partial charge on any atom is 0.243 e. The predicted molar refractivity (Wildman–Crippen MR) is 80.3 cm³/mol. The Bertz CT molecular complexity index is 711. The minimum atomic E-state index is -3.65. The van der Waals surface area contributed by atoms with Gasteiger partial charge in [0.15, 0.2) is 0 Å². The highest BCUT2D eigenvalue weighted by Gasteiger charge is 2.23. The average molecular weight is 309 g/mol. The standard InChI is InChI=1S/C13H19N5O2S/c1-4-14-11-7-5-6-8-12(11)21(19,20)17-10(2)13-16-15-9-18(13)3/h5-10,14,17H,4H2,1-3H3. The normalized spacial score (nSPS) is 13.1. The van der Waals surface area contributed by atoms with Crippen molar-refractivity contribution in [2.45, 2.75) is 24.8 Å². The van der Waals surface area contributed by atoms with Crippen molar-refractivity contribution in [3.05, 3.63) is 36.4 Å². The van der Waals surface area contributed by atoms with E-state index in [0.29, 0.717) is 18.1 Å². The van der Waals surface area contributed by atoms with Crippen molar-refractivity contribution in [1.82, 2.24) is 19.5 Å². The molecule has 0 amide bonds. The second-order valence-electron chi connectivity index (χ2n) is 4.67. The lowest BCUT2D eigenvalue weighted by molar-refractivity contribution is 0.553. The minimum absolute atomic E-state index is 0.223. The SMILES string of the molecule is CCNc1ccccc1S(=O)(=O)NC(C)c1nncn1C. The molecule has 8 heteroatoms. The van der Waals surface area contributed by atoms with Gasteiger partial charge in [-0.2, -0.15) is 0 Å². The van der Waals surface area contributed by atoms with E-state index in [1.54, 1.807) is 42.8 Å². The van der Waals surface area contributed by atoms with Crippen molar-refractivity contribution in [2.24, 2.45) is 7.05 Å². The van der Waals surface area contributed by atoms with Gasteiger partial charge in [0, 0.05) is 13.6 Å². The van der Waals surface area contributed by atoms with Crippen molar-refractivity contribution in [3.8, 4) is 0 Å².